The van der Waals surface area contributed by atoms with Crippen LogP contribution < -0.4 is 10.6 Å². The molecule has 5 nitrogen and oxygen atoms in total. The Morgan fingerprint density at radius 3 is 2.30 bits per heavy atom. The van der Waals surface area contributed by atoms with E-state index in [1.165, 1.54) is 30.5 Å². The van der Waals surface area contributed by atoms with E-state index in [-0.39, 0.29) is 16.3 Å². The van der Waals surface area contributed by atoms with Crippen LogP contribution in [0, 0.1) is 12.7 Å². The van der Waals surface area contributed by atoms with Crippen LogP contribution in [0.15, 0.2) is 60.8 Å². The van der Waals surface area contributed by atoms with Crippen LogP contribution in [0.4, 0.5) is 15.8 Å². The number of pyridine rings is 1. The fourth-order valence-electron chi connectivity index (χ4n) is 2.31. The summed E-state index contributed by atoms with van der Waals surface area (Å²) in [6.07, 6.45) is 1.37. The summed E-state index contributed by atoms with van der Waals surface area (Å²) in [4.78, 5) is 28.7. The lowest BCUT2D eigenvalue weighted by Gasteiger charge is -2.08. The van der Waals surface area contributed by atoms with Gasteiger partial charge in [-0.2, -0.15) is 0 Å². The van der Waals surface area contributed by atoms with Crippen molar-refractivity contribution in [1.29, 1.82) is 0 Å². The molecular weight excluding hydrogens is 369 g/mol. The van der Waals surface area contributed by atoms with Crippen molar-refractivity contribution in [3.63, 3.8) is 0 Å². The Morgan fingerprint density at radius 2 is 1.59 bits per heavy atom. The molecule has 2 aromatic carbocycles. The second-order valence-electron chi connectivity index (χ2n) is 5.83. The number of nitrogens with zero attached hydrogens (tertiary/aromatic N) is 1. The zero-order valence-corrected chi connectivity index (χ0v) is 15.0. The topological polar surface area (TPSA) is 71.1 Å². The van der Waals surface area contributed by atoms with Crippen molar-refractivity contribution < 1.29 is 14.0 Å². The minimum Gasteiger partial charge on any atom is -0.322 e. The second-order valence-corrected chi connectivity index (χ2v) is 6.24. The third kappa shape index (κ3) is 4.68. The maximum absolute atomic E-state index is 13.2. The van der Waals surface area contributed by atoms with Gasteiger partial charge in [-0.05, 0) is 49.4 Å². The van der Waals surface area contributed by atoms with E-state index in [4.69, 9.17) is 11.6 Å². The number of carbonyl (C=O) groups excluding carboxylic acids is 2. The summed E-state index contributed by atoms with van der Waals surface area (Å²) in [7, 11) is 0. The first-order valence-corrected chi connectivity index (χ1v) is 8.40. The maximum atomic E-state index is 13.2. The predicted molar refractivity (Wildman–Crippen MR) is 103 cm³/mol. The van der Waals surface area contributed by atoms with E-state index in [9.17, 15) is 14.0 Å². The molecule has 2 amide bonds. The number of aromatic nitrogens is 1. The zero-order valence-electron chi connectivity index (χ0n) is 14.3. The minimum absolute atomic E-state index is 0.0966. The molecule has 0 atom stereocenters. The Hall–Kier alpha value is -3.25. The second kappa shape index (κ2) is 7.97. The average Bonchev–Trinajstić information content (AvgIpc) is 2.66. The van der Waals surface area contributed by atoms with Crippen molar-refractivity contribution in [2.24, 2.45) is 0 Å². The number of hydrogen-bond acceptors (Lipinski definition) is 3. The number of nitrogens with one attached hydrogen (secondary N) is 2. The lowest BCUT2D eigenvalue weighted by Crippen LogP contribution is -2.17. The fraction of sp³-hybridized carbons (Fsp3) is 0.0500. The molecule has 3 aromatic rings. The molecule has 27 heavy (non-hydrogen) atoms. The van der Waals surface area contributed by atoms with Gasteiger partial charge in [-0.15, -0.1) is 0 Å². The zero-order chi connectivity index (χ0) is 19.4. The van der Waals surface area contributed by atoms with Gasteiger partial charge in [0.2, 0.25) is 0 Å². The van der Waals surface area contributed by atoms with Gasteiger partial charge in [0.15, 0.2) is 0 Å². The first-order valence-electron chi connectivity index (χ1n) is 8.03. The minimum atomic E-state index is -0.575. The van der Waals surface area contributed by atoms with E-state index in [0.717, 1.165) is 11.6 Å². The first kappa shape index (κ1) is 18.5. The van der Waals surface area contributed by atoms with Crippen LogP contribution in [0.2, 0.25) is 5.02 Å². The highest BCUT2D eigenvalue weighted by Crippen LogP contribution is 2.20. The summed E-state index contributed by atoms with van der Waals surface area (Å²) in [5, 5.41) is 5.22. The number of rotatable bonds is 4. The third-order valence-electron chi connectivity index (χ3n) is 3.74. The van der Waals surface area contributed by atoms with Gasteiger partial charge < -0.3 is 10.6 Å². The molecule has 1 heterocycles. The van der Waals surface area contributed by atoms with E-state index < -0.39 is 17.6 Å². The third-order valence-corrected chi connectivity index (χ3v) is 4.03. The van der Waals surface area contributed by atoms with Gasteiger partial charge in [-0.3, -0.25) is 14.6 Å². The molecule has 7 heteroatoms. The number of aryl methyl sites for hydroxylation is 1. The molecule has 0 spiro atoms. The maximum Gasteiger partial charge on any atom is 0.274 e. The number of benzene rings is 2. The van der Waals surface area contributed by atoms with Crippen LogP contribution in [-0.4, -0.2) is 16.8 Å². The summed E-state index contributed by atoms with van der Waals surface area (Å²) in [6, 6.07) is 14.0. The Kier molecular flexibility index (Phi) is 5.47. The van der Waals surface area contributed by atoms with Crippen LogP contribution in [0.1, 0.15) is 26.4 Å². The number of amides is 2. The molecular formula is C20H15ClFN3O2. The van der Waals surface area contributed by atoms with Crippen molar-refractivity contribution in [3.8, 4) is 0 Å². The Morgan fingerprint density at radius 1 is 0.926 bits per heavy atom. The monoisotopic (exact) mass is 383 g/mol. The van der Waals surface area contributed by atoms with Crippen molar-refractivity contribution in [2.75, 3.05) is 10.6 Å². The molecule has 0 aliphatic carbocycles. The van der Waals surface area contributed by atoms with Gasteiger partial charge in [0.05, 0.1) is 5.02 Å². The van der Waals surface area contributed by atoms with Crippen molar-refractivity contribution >= 4 is 34.8 Å². The van der Waals surface area contributed by atoms with E-state index >= 15 is 0 Å². The summed E-state index contributed by atoms with van der Waals surface area (Å²) in [6.45, 7) is 1.95. The largest absolute Gasteiger partial charge is 0.322 e. The summed E-state index contributed by atoms with van der Waals surface area (Å²) < 4.78 is 13.2. The smallest absolute Gasteiger partial charge is 0.274 e. The molecule has 0 unspecified atom stereocenters. The first-order chi connectivity index (χ1) is 12.9. The quantitative estimate of drug-likeness (QED) is 0.686. The van der Waals surface area contributed by atoms with Gasteiger partial charge >= 0.3 is 0 Å². The van der Waals surface area contributed by atoms with E-state index in [1.54, 1.807) is 12.1 Å². The molecule has 0 aliphatic heterocycles. The summed E-state index contributed by atoms with van der Waals surface area (Å²) in [5.41, 5.74) is 2.38. The molecule has 0 aliphatic rings. The molecule has 0 bridgehead atoms. The van der Waals surface area contributed by atoms with Crippen LogP contribution in [0.5, 0.6) is 0 Å². The van der Waals surface area contributed by atoms with Crippen molar-refractivity contribution in [2.45, 2.75) is 6.92 Å². The molecule has 0 saturated carbocycles. The number of halogens is 2. The summed E-state index contributed by atoms with van der Waals surface area (Å²) >= 11 is 5.71. The standard InChI is InChI=1S/C20H15ClFN3O2/c1-12-2-4-14(5-3-12)24-20(27)18-10-13(8-9-23-18)19(26)25-15-6-7-17(22)16(21)11-15/h2-11H,1H3,(H,24,27)(H,25,26). The normalized spacial score (nSPS) is 10.3. The van der Waals surface area contributed by atoms with Gasteiger partial charge in [0.1, 0.15) is 11.5 Å². The highest BCUT2D eigenvalue weighted by atomic mass is 35.5. The molecule has 0 radical (unpaired) electrons. The van der Waals surface area contributed by atoms with E-state index in [1.807, 2.05) is 19.1 Å². The van der Waals surface area contributed by atoms with Crippen LogP contribution in [0.3, 0.4) is 0 Å². The van der Waals surface area contributed by atoms with Crippen LogP contribution in [0.25, 0.3) is 0 Å². The number of anilines is 2. The van der Waals surface area contributed by atoms with Crippen molar-refractivity contribution in [1.82, 2.24) is 4.98 Å². The fourth-order valence-corrected chi connectivity index (χ4v) is 2.49. The molecule has 2 N–H and O–H groups in total. The SMILES string of the molecule is Cc1ccc(NC(=O)c2cc(C(=O)Nc3ccc(F)c(Cl)c3)ccn2)cc1. The molecule has 0 fully saturated rings. The van der Waals surface area contributed by atoms with E-state index in [2.05, 4.69) is 15.6 Å². The molecule has 136 valence electrons. The molecule has 3 rings (SSSR count). The predicted octanol–water partition coefficient (Wildman–Crippen LogP) is 4.69. The highest BCUT2D eigenvalue weighted by molar-refractivity contribution is 6.31. The molecule has 1 aromatic heterocycles. The van der Waals surface area contributed by atoms with Gasteiger partial charge in [0.25, 0.3) is 11.8 Å². The van der Waals surface area contributed by atoms with Gasteiger partial charge in [-0.1, -0.05) is 29.3 Å². The number of hydrogen-bond donors (Lipinski definition) is 2. The lowest BCUT2D eigenvalue weighted by atomic mass is 10.2. The van der Waals surface area contributed by atoms with Crippen LogP contribution >= 0.6 is 11.6 Å². The summed E-state index contributed by atoms with van der Waals surface area (Å²) in [5.74, 6) is -1.48. The average molecular weight is 384 g/mol. The molecule has 0 saturated heterocycles. The Labute approximate surface area is 160 Å². The van der Waals surface area contributed by atoms with Gasteiger partial charge in [-0.25, -0.2) is 4.39 Å². The lowest BCUT2D eigenvalue weighted by molar-refractivity contribution is 0.102. The van der Waals surface area contributed by atoms with E-state index in [0.29, 0.717) is 11.4 Å². The van der Waals surface area contributed by atoms with Gasteiger partial charge in [0, 0.05) is 23.1 Å². The number of carbonyl (C=O) groups is 2. The van der Waals surface area contributed by atoms with Crippen LogP contribution in [-0.2, 0) is 0 Å². The Balaban J connectivity index is 1.73. The Bertz CT molecular complexity index is 1010. The highest BCUT2D eigenvalue weighted by Gasteiger charge is 2.13. The van der Waals surface area contributed by atoms with Crippen molar-refractivity contribution in [3.05, 3.63) is 88.5 Å².